The van der Waals surface area contributed by atoms with Gasteiger partial charge in [-0.25, -0.2) is 0 Å². The largest absolute Gasteiger partial charge is 0.464 e. The van der Waals surface area contributed by atoms with Crippen LogP contribution in [-0.2, 0) is 14.1 Å². The Morgan fingerprint density at radius 3 is 2.47 bits per heavy atom. The summed E-state index contributed by atoms with van der Waals surface area (Å²) in [5.74, 6) is -0.580. The predicted octanol–water partition coefficient (Wildman–Crippen LogP) is 0.781. The number of carbonyl (C=O) groups is 1. The van der Waals surface area contributed by atoms with E-state index >= 15 is 0 Å². The van der Waals surface area contributed by atoms with Crippen molar-refractivity contribution in [2.24, 2.45) is 5.73 Å². The van der Waals surface area contributed by atoms with Crippen LogP contribution in [0.5, 0.6) is 0 Å². The zero-order valence-corrected chi connectivity index (χ0v) is 11.0. The van der Waals surface area contributed by atoms with Crippen molar-refractivity contribution in [3.8, 4) is 0 Å². The zero-order valence-electron chi connectivity index (χ0n) is 10.1. The summed E-state index contributed by atoms with van der Waals surface area (Å²) in [5, 5.41) is 0. The second-order valence-electron chi connectivity index (χ2n) is 3.69. The van der Waals surface area contributed by atoms with Gasteiger partial charge in [-0.2, -0.15) is 0 Å². The van der Waals surface area contributed by atoms with Crippen LogP contribution in [0.4, 0.5) is 0 Å². The Kier molecular flexibility index (Phi) is 7.30. The Morgan fingerprint density at radius 1 is 1.47 bits per heavy atom. The number of hydrogen-bond acceptors (Lipinski definition) is 4. The molecule has 7 heteroatoms. The highest BCUT2D eigenvalue weighted by Gasteiger charge is 2.18. The summed E-state index contributed by atoms with van der Waals surface area (Å²) < 4.78 is 15.6. The third-order valence-corrected chi connectivity index (χ3v) is 2.82. The first-order chi connectivity index (χ1) is 7.80. The number of hydrogen-bond donors (Lipinski definition) is 3. The van der Waals surface area contributed by atoms with Gasteiger partial charge >= 0.3 is 13.6 Å². The lowest BCUT2D eigenvalue weighted by Crippen LogP contribution is -2.31. The first-order valence-electron chi connectivity index (χ1n) is 5.46. The fraction of sp³-hybridized carbons (Fsp3) is 0.700. The van der Waals surface area contributed by atoms with Crippen molar-refractivity contribution in [3.63, 3.8) is 0 Å². The molecule has 0 fully saturated rings. The molecule has 0 amide bonds. The van der Waals surface area contributed by atoms with Crippen LogP contribution < -0.4 is 5.73 Å². The van der Waals surface area contributed by atoms with Crippen LogP contribution in [0.2, 0.25) is 0 Å². The van der Waals surface area contributed by atoms with E-state index in [2.05, 4.69) is 0 Å². The topological polar surface area (TPSA) is 110 Å². The van der Waals surface area contributed by atoms with E-state index in [-0.39, 0.29) is 6.16 Å². The lowest BCUT2D eigenvalue weighted by molar-refractivity contribution is -0.144. The second kappa shape index (κ2) is 7.61. The van der Waals surface area contributed by atoms with Gasteiger partial charge in [0.25, 0.3) is 0 Å². The molecule has 6 nitrogen and oxygen atoms in total. The molecule has 4 N–H and O–H groups in total. The maximum absolute atomic E-state index is 11.3. The lowest BCUT2D eigenvalue weighted by Gasteiger charge is -2.11. The number of carbonyl (C=O) groups excluding carboxylic acids is 1. The molecule has 0 aromatic rings. The minimum atomic E-state index is -4.12. The Labute approximate surface area is 101 Å². The SMILES string of the molecule is CCCOC(=O)C(N)C=C(CC)CP(=O)(O)O. The van der Waals surface area contributed by atoms with Crippen molar-refractivity contribution in [2.75, 3.05) is 12.8 Å². The smallest absolute Gasteiger partial charge is 0.329 e. The number of nitrogens with two attached hydrogens (primary N) is 1. The summed E-state index contributed by atoms with van der Waals surface area (Å²) in [6.45, 7) is 3.89. The molecule has 1 unspecified atom stereocenters. The van der Waals surface area contributed by atoms with Crippen molar-refractivity contribution >= 4 is 13.6 Å². The van der Waals surface area contributed by atoms with Crippen molar-refractivity contribution in [1.29, 1.82) is 0 Å². The number of ether oxygens (including phenoxy) is 1. The minimum absolute atomic E-state index is 0.292. The van der Waals surface area contributed by atoms with Gasteiger partial charge < -0.3 is 20.3 Å². The van der Waals surface area contributed by atoms with Gasteiger partial charge in [0.15, 0.2) is 0 Å². The van der Waals surface area contributed by atoms with Gasteiger partial charge in [-0.1, -0.05) is 25.5 Å². The molecule has 0 aromatic heterocycles. The van der Waals surface area contributed by atoms with E-state index in [4.69, 9.17) is 20.3 Å². The fourth-order valence-electron chi connectivity index (χ4n) is 1.17. The van der Waals surface area contributed by atoms with Crippen LogP contribution in [0.25, 0.3) is 0 Å². The Balaban J connectivity index is 4.50. The summed E-state index contributed by atoms with van der Waals surface area (Å²) in [6, 6.07) is -0.969. The Morgan fingerprint density at radius 2 is 2.06 bits per heavy atom. The van der Waals surface area contributed by atoms with Crippen LogP contribution in [0.1, 0.15) is 26.7 Å². The molecule has 0 bridgehead atoms. The first kappa shape index (κ1) is 16.3. The Hall–Kier alpha value is -0.680. The van der Waals surface area contributed by atoms with Crippen molar-refractivity contribution < 1.29 is 23.9 Å². The summed E-state index contributed by atoms with van der Waals surface area (Å²) in [6.07, 6.45) is 2.11. The minimum Gasteiger partial charge on any atom is -0.464 e. The van der Waals surface area contributed by atoms with E-state index in [1.165, 1.54) is 6.08 Å². The number of allylic oxidation sites excluding steroid dienone is 1. The molecule has 1 atom stereocenters. The van der Waals surface area contributed by atoms with Gasteiger partial charge in [-0.05, 0) is 12.8 Å². The van der Waals surface area contributed by atoms with Gasteiger partial charge in [0.1, 0.15) is 6.04 Å². The highest BCUT2D eigenvalue weighted by Crippen LogP contribution is 2.37. The average molecular weight is 265 g/mol. The molecule has 0 rings (SSSR count). The van der Waals surface area contributed by atoms with E-state index < -0.39 is 19.6 Å². The average Bonchev–Trinajstić information content (AvgIpc) is 2.22. The van der Waals surface area contributed by atoms with Crippen LogP contribution in [0.15, 0.2) is 11.6 Å². The summed E-state index contributed by atoms with van der Waals surface area (Å²) in [5.41, 5.74) is 6.01. The molecule has 0 saturated carbocycles. The number of esters is 1. The van der Waals surface area contributed by atoms with Gasteiger partial charge in [-0.3, -0.25) is 9.36 Å². The Bertz CT molecular complexity index is 323. The van der Waals surface area contributed by atoms with Gasteiger partial charge in [-0.15, -0.1) is 0 Å². The molecule has 17 heavy (non-hydrogen) atoms. The summed E-state index contributed by atoms with van der Waals surface area (Å²) >= 11 is 0. The van der Waals surface area contributed by atoms with E-state index in [0.717, 1.165) is 0 Å². The molecule has 0 aromatic carbocycles. The van der Waals surface area contributed by atoms with Crippen LogP contribution in [0, 0.1) is 0 Å². The molecule has 0 aliphatic rings. The van der Waals surface area contributed by atoms with E-state index in [1.54, 1.807) is 6.92 Å². The monoisotopic (exact) mass is 265 g/mol. The molecule has 0 radical (unpaired) electrons. The molecule has 0 heterocycles. The predicted molar refractivity (Wildman–Crippen MR) is 64.5 cm³/mol. The molecule has 0 saturated heterocycles. The summed E-state index contributed by atoms with van der Waals surface area (Å²) in [4.78, 5) is 29.0. The molecular weight excluding hydrogens is 245 g/mol. The maximum Gasteiger partial charge on any atom is 0.329 e. The van der Waals surface area contributed by atoms with Crippen LogP contribution in [-0.4, -0.2) is 34.6 Å². The second-order valence-corrected chi connectivity index (χ2v) is 5.34. The zero-order chi connectivity index (χ0) is 13.5. The van der Waals surface area contributed by atoms with Gasteiger partial charge in [0, 0.05) is 0 Å². The molecule has 0 spiro atoms. The quantitative estimate of drug-likeness (QED) is 0.356. The van der Waals surface area contributed by atoms with Crippen molar-refractivity contribution in [3.05, 3.63) is 11.6 Å². The van der Waals surface area contributed by atoms with Crippen molar-refractivity contribution in [2.45, 2.75) is 32.7 Å². The van der Waals surface area contributed by atoms with Crippen LogP contribution in [0.3, 0.4) is 0 Å². The highest BCUT2D eigenvalue weighted by molar-refractivity contribution is 7.52. The van der Waals surface area contributed by atoms with Gasteiger partial charge in [0.05, 0.1) is 12.8 Å². The highest BCUT2D eigenvalue weighted by atomic mass is 31.2. The molecular formula is C10H20NO5P. The lowest BCUT2D eigenvalue weighted by atomic mass is 10.1. The maximum atomic E-state index is 11.3. The van der Waals surface area contributed by atoms with E-state index in [9.17, 15) is 9.36 Å². The van der Waals surface area contributed by atoms with Gasteiger partial charge in [0.2, 0.25) is 0 Å². The molecule has 0 aliphatic carbocycles. The fourth-order valence-corrected chi connectivity index (χ4v) is 2.03. The molecule has 100 valence electrons. The first-order valence-corrected chi connectivity index (χ1v) is 7.26. The number of rotatable bonds is 7. The van der Waals surface area contributed by atoms with Crippen LogP contribution >= 0.6 is 7.60 Å². The van der Waals surface area contributed by atoms with E-state index in [1.807, 2.05) is 6.92 Å². The molecule has 0 aliphatic heterocycles. The normalized spacial score (nSPS) is 14.5. The third kappa shape index (κ3) is 8.10. The van der Waals surface area contributed by atoms with E-state index in [0.29, 0.717) is 25.0 Å². The third-order valence-electron chi connectivity index (χ3n) is 2.00. The van der Waals surface area contributed by atoms with Crippen molar-refractivity contribution in [1.82, 2.24) is 0 Å². The standard InChI is InChI=1S/C10H20NO5P/c1-3-5-16-10(12)9(11)6-8(4-2)7-17(13,14)15/h6,9H,3-5,7,11H2,1-2H3,(H2,13,14,15). The summed E-state index contributed by atoms with van der Waals surface area (Å²) in [7, 11) is -4.12.